The lowest BCUT2D eigenvalue weighted by molar-refractivity contribution is 0.377. The van der Waals surface area contributed by atoms with Crippen LogP contribution in [0, 0.1) is 5.82 Å². The van der Waals surface area contributed by atoms with Gasteiger partial charge >= 0.3 is 0 Å². The van der Waals surface area contributed by atoms with Crippen molar-refractivity contribution in [1.82, 2.24) is 5.32 Å². The van der Waals surface area contributed by atoms with Crippen LogP contribution in [0.3, 0.4) is 0 Å². The van der Waals surface area contributed by atoms with Gasteiger partial charge in [0.25, 0.3) is 0 Å². The molecule has 3 heteroatoms. The molecule has 96 valence electrons. The van der Waals surface area contributed by atoms with Gasteiger partial charge in [-0.15, -0.1) is 0 Å². The van der Waals surface area contributed by atoms with Crippen molar-refractivity contribution in [3.63, 3.8) is 0 Å². The lowest BCUT2D eigenvalue weighted by atomic mass is 10.00. The van der Waals surface area contributed by atoms with Gasteiger partial charge in [0, 0.05) is 11.6 Å². The molecule has 1 rings (SSSR count). The molecule has 1 N–H and O–H groups in total. The Bertz CT molecular complexity index is 341. The fourth-order valence-electron chi connectivity index (χ4n) is 1.98. The maximum absolute atomic E-state index is 14.1. The normalized spacial score (nSPS) is 12.5. The van der Waals surface area contributed by atoms with E-state index in [1.54, 1.807) is 6.07 Å². The molecule has 1 unspecified atom stereocenters. The fraction of sp³-hybridized carbons (Fsp3) is 0.571. The molecule has 0 saturated carbocycles. The smallest absolute Gasteiger partial charge is 0.169 e. The Hall–Kier alpha value is -1.09. The first-order valence-corrected chi connectivity index (χ1v) is 6.30. The van der Waals surface area contributed by atoms with Gasteiger partial charge in [-0.05, 0) is 19.0 Å². The Labute approximate surface area is 103 Å². The zero-order valence-corrected chi connectivity index (χ0v) is 10.9. The zero-order chi connectivity index (χ0) is 12.7. The van der Waals surface area contributed by atoms with E-state index in [2.05, 4.69) is 12.2 Å². The van der Waals surface area contributed by atoms with Crippen LogP contribution < -0.4 is 10.1 Å². The Morgan fingerprint density at radius 3 is 2.71 bits per heavy atom. The molecule has 0 amide bonds. The summed E-state index contributed by atoms with van der Waals surface area (Å²) in [6.45, 7) is 5.02. The largest absolute Gasteiger partial charge is 0.494 e. The molecule has 17 heavy (non-hydrogen) atoms. The molecule has 0 spiro atoms. The van der Waals surface area contributed by atoms with E-state index < -0.39 is 0 Å². The van der Waals surface area contributed by atoms with E-state index >= 15 is 0 Å². The molecule has 1 aromatic rings. The van der Waals surface area contributed by atoms with Crippen molar-refractivity contribution in [3.8, 4) is 5.75 Å². The first-order chi connectivity index (χ1) is 8.24. The predicted octanol–water partition coefficient (Wildman–Crippen LogP) is 3.68. The van der Waals surface area contributed by atoms with Gasteiger partial charge in [-0.3, -0.25) is 0 Å². The SMILES string of the molecule is CCCCC(NCC)c1cccc(OC)c1F. The summed E-state index contributed by atoms with van der Waals surface area (Å²) < 4.78 is 19.1. The number of benzene rings is 1. The van der Waals surface area contributed by atoms with Gasteiger partial charge in [0.05, 0.1) is 7.11 Å². The number of hydrogen-bond acceptors (Lipinski definition) is 2. The van der Waals surface area contributed by atoms with Gasteiger partial charge in [0.2, 0.25) is 0 Å². The van der Waals surface area contributed by atoms with Crippen LogP contribution in [0.25, 0.3) is 0 Å². The monoisotopic (exact) mass is 239 g/mol. The van der Waals surface area contributed by atoms with Gasteiger partial charge in [-0.1, -0.05) is 38.8 Å². The molecule has 1 atom stereocenters. The van der Waals surface area contributed by atoms with Gasteiger partial charge in [-0.2, -0.15) is 0 Å². The number of rotatable bonds is 7. The van der Waals surface area contributed by atoms with Gasteiger partial charge in [0.1, 0.15) is 0 Å². The Morgan fingerprint density at radius 1 is 1.35 bits per heavy atom. The molecule has 0 bridgehead atoms. The summed E-state index contributed by atoms with van der Waals surface area (Å²) in [5, 5.41) is 3.33. The molecular formula is C14H22FNO. The molecule has 0 aliphatic carbocycles. The second kappa shape index (κ2) is 7.28. The minimum absolute atomic E-state index is 0.0787. The average molecular weight is 239 g/mol. The maximum atomic E-state index is 14.1. The van der Waals surface area contributed by atoms with Gasteiger partial charge < -0.3 is 10.1 Å². The van der Waals surface area contributed by atoms with Crippen molar-refractivity contribution >= 4 is 0 Å². The Kier molecular flexibility index (Phi) is 5.98. The van der Waals surface area contributed by atoms with E-state index in [1.165, 1.54) is 7.11 Å². The summed E-state index contributed by atoms with van der Waals surface area (Å²) in [6.07, 6.45) is 3.16. The standard InChI is InChI=1S/C14H22FNO/c1-4-6-9-12(16-5-2)11-8-7-10-13(17-3)14(11)15/h7-8,10,12,16H,4-6,9H2,1-3H3. The number of unbranched alkanes of at least 4 members (excludes halogenated alkanes) is 1. The molecule has 0 aromatic heterocycles. The molecule has 1 aromatic carbocycles. The van der Waals surface area contributed by atoms with Crippen molar-refractivity contribution < 1.29 is 9.13 Å². The Balaban J connectivity index is 2.92. The molecule has 0 radical (unpaired) electrons. The fourth-order valence-corrected chi connectivity index (χ4v) is 1.98. The van der Waals surface area contributed by atoms with Crippen molar-refractivity contribution in [2.45, 2.75) is 39.2 Å². The maximum Gasteiger partial charge on any atom is 0.169 e. The third-order valence-corrected chi connectivity index (χ3v) is 2.89. The lowest BCUT2D eigenvalue weighted by Gasteiger charge is -2.19. The van der Waals surface area contributed by atoms with Crippen LogP contribution >= 0.6 is 0 Å². The summed E-state index contributed by atoms with van der Waals surface area (Å²) >= 11 is 0. The summed E-state index contributed by atoms with van der Waals surface area (Å²) in [5.74, 6) is 0.0824. The molecule has 0 heterocycles. The van der Waals surface area contributed by atoms with Crippen LogP contribution in [-0.2, 0) is 0 Å². The van der Waals surface area contributed by atoms with Crippen molar-refractivity contribution in [3.05, 3.63) is 29.6 Å². The lowest BCUT2D eigenvalue weighted by Crippen LogP contribution is -2.22. The summed E-state index contributed by atoms with van der Waals surface area (Å²) in [6, 6.07) is 5.41. The van der Waals surface area contributed by atoms with Crippen LogP contribution in [0.15, 0.2) is 18.2 Å². The molecule has 0 aliphatic heterocycles. The number of halogens is 1. The zero-order valence-electron chi connectivity index (χ0n) is 10.9. The first kappa shape index (κ1) is 14.0. The van der Waals surface area contributed by atoms with E-state index in [0.29, 0.717) is 11.3 Å². The van der Waals surface area contributed by atoms with Gasteiger partial charge in [-0.25, -0.2) is 4.39 Å². The number of methoxy groups -OCH3 is 1. The highest BCUT2D eigenvalue weighted by atomic mass is 19.1. The first-order valence-electron chi connectivity index (χ1n) is 6.30. The highest BCUT2D eigenvalue weighted by molar-refractivity contribution is 5.33. The van der Waals surface area contributed by atoms with Crippen LogP contribution in [0.5, 0.6) is 5.75 Å². The van der Waals surface area contributed by atoms with Crippen molar-refractivity contribution in [2.24, 2.45) is 0 Å². The average Bonchev–Trinajstić information content (AvgIpc) is 2.35. The quantitative estimate of drug-likeness (QED) is 0.783. The molecule has 0 fully saturated rings. The van der Waals surface area contributed by atoms with E-state index in [1.807, 2.05) is 19.1 Å². The molecular weight excluding hydrogens is 217 g/mol. The van der Waals surface area contributed by atoms with Crippen LogP contribution in [0.4, 0.5) is 4.39 Å². The van der Waals surface area contributed by atoms with Crippen LogP contribution in [0.1, 0.15) is 44.7 Å². The van der Waals surface area contributed by atoms with E-state index in [9.17, 15) is 4.39 Å². The van der Waals surface area contributed by atoms with Gasteiger partial charge in [0.15, 0.2) is 11.6 Å². The molecule has 0 saturated heterocycles. The highest BCUT2D eigenvalue weighted by Crippen LogP contribution is 2.27. The second-order valence-corrected chi connectivity index (χ2v) is 4.12. The van der Waals surface area contributed by atoms with E-state index in [-0.39, 0.29) is 11.9 Å². The summed E-state index contributed by atoms with van der Waals surface area (Å²) in [4.78, 5) is 0. The minimum Gasteiger partial charge on any atom is -0.494 e. The van der Waals surface area contributed by atoms with Crippen molar-refractivity contribution in [2.75, 3.05) is 13.7 Å². The summed E-state index contributed by atoms with van der Waals surface area (Å²) in [5.41, 5.74) is 0.708. The highest BCUT2D eigenvalue weighted by Gasteiger charge is 2.16. The Morgan fingerprint density at radius 2 is 2.12 bits per heavy atom. The third-order valence-electron chi connectivity index (χ3n) is 2.89. The molecule has 2 nitrogen and oxygen atoms in total. The van der Waals surface area contributed by atoms with Crippen LogP contribution in [0.2, 0.25) is 0 Å². The van der Waals surface area contributed by atoms with E-state index in [4.69, 9.17) is 4.74 Å². The third kappa shape index (κ3) is 3.70. The minimum atomic E-state index is -0.239. The summed E-state index contributed by atoms with van der Waals surface area (Å²) in [7, 11) is 1.50. The number of nitrogens with one attached hydrogen (secondary N) is 1. The number of hydrogen-bond donors (Lipinski definition) is 1. The van der Waals surface area contributed by atoms with Crippen molar-refractivity contribution in [1.29, 1.82) is 0 Å². The predicted molar refractivity (Wildman–Crippen MR) is 68.9 cm³/mol. The van der Waals surface area contributed by atoms with E-state index in [0.717, 1.165) is 25.8 Å². The molecule has 0 aliphatic rings. The topological polar surface area (TPSA) is 21.3 Å². The number of ether oxygens (including phenoxy) is 1. The van der Waals surface area contributed by atoms with Crippen LogP contribution in [-0.4, -0.2) is 13.7 Å². The second-order valence-electron chi connectivity index (χ2n) is 4.12.